The van der Waals surface area contributed by atoms with Crippen LogP contribution in [0.15, 0.2) is 84.9 Å². The summed E-state index contributed by atoms with van der Waals surface area (Å²) in [7, 11) is 4.30. The zero-order valence-corrected chi connectivity index (χ0v) is 16.0. The Morgan fingerprint density at radius 3 is 1.93 bits per heavy atom. The van der Waals surface area contributed by atoms with Gasteiger partial charge in [-0.15, -0.1) is 0 Å². The summed E-state index contributed by atoms with van der Waals surface area (Å²) in [6.07, 6.45) is 0. The van der Waals surface area contributed by atoms with E-state index in [2.05, 4.69) is 108 Å². The lowest BCUT2D eigenvalue weighted by Crippen LogP contribution is -1.87. The Hall–Kier alpha value is -3.52. The van der Waals surface area contributed by atoms with Crippen LogP contribution >= 0.6 is 0 Å². The van der Waals surface area contributed by atoms with Crippen LogP contribution in [0.25, 0.3) is 54.7 Å². The van der Waals surface area contributed by atoms with Gasteiger partial charge in [-0.05, 0) is 41.5 Å². The first-order chi connectivity index (χ1) is 13.7. The molecule has 0 aliphatic rings. The second-order valence-electron chi connectivity index (χ2n) is 7.58. The van der Waals surface area contributed by atoms with Crippen molar-refractivity contribution in [3.63, 3.8) is 0 Å². The standard InChI is InChI=1S/C26H20N2/c1-27-22-11-5-3-8-19(22)21-16-17(14-15-24(21)27)18-10-7-13-25-26(18)20-9-4-6-12-23(20)28(25)2/h3-16H,1-2H3. The molecular formula is C26H20N2. The maximum Gasteiger partial charge on any atom is 0.0495 e. The van der Waals surface area contributed by atoms with Crippen molar-refractivity contribution in [2.45, 2.75) is 0 Å². The first-order valence-electron chi connectivity index (χ1n) is 9.68. The number of aromatic nitrogens is 2. The summed E-state index contributed by atoms with van der Waals surface area (Å²) in [6, 6.07) is 30.8. The van der Waals surface area contributed by atoms with Crippen LogP contribution in [-0.2, 0) is 14.1 Å². The molecule has 4 aromatic carbocycles. The SMILES string of the molecule is Cn1c2ccccc2c2cc(-c3cccc4c3c3ccccc3n4C)ccc21. The Labute approximate surface area is 163 Å². The molecule has 0 radical (unpaired) electrons. The predicted molar refractivity (Wildman–Crippen MR) is 120 cm³/mol. The van der Waals surface area contributed by atoms with Crippen LogP contribution in [0.4, 0.5) is 0 Å². The summed E-state index contributed by atoms with van der Waals surface area (Å²) < 4.78 is 4.58. The zero-order chi connectivity index (χ0) is 18.8. The van der Waals surface area contributed by atoms with Gasteiger partial charge in [0.2, 0.25) is 0 Å². The van der Waals surface area contributed by atoms with Gasteiger partial charge in [-0.3, -0.25) is 0 Å². The van der Waals surface area contributed by atoms with Crippen LogP contribution in [-0.4, -0.2) is 9.13 Å². The van der Waals surface area contributed by atoms with E-state index in [0.717, 1.165) is 0 Å². The normalized spacial score (nSPS) is 11.9. The molecule has 2 aromatic heterocycles. The second kappa shape index (κ2) is 5.49. The molecule has 0 aliphatic heterocycles. The molecule has 0 spiro atoms. The fourth-order valence-electron chi connectivity index (χ4n) is 4.79. The van der Waals surface area contributed by atoms with E-state index < -0.39 is 0 Å². The van der Waals surface area contributed by atoms with Crippen molar-refractivity contribution >= 4 is 43.6 Å². The number of benzene rings is 4. The molecule has 0 N–H and O–H groups in total. The molecule has 134 valence electrons. The molecule has 2 heterocycles. The van der Waals surface area contributed by atoms with Gasteiger partial charge < -0.3 is 9.13 Å². The second-order valence-corrected chi connectivity index (χ2v) is 7.58. The van der Waals surface area contributed by atoms with Crippen molar-refractivity contribution in [1.29, 1.82) is 0 Å². The van der Waals surface area contributed by atoms with Gasteiger partial charge >= 0.3 is 0 Å². The molecule has 0 amide bonds. The van der Waals surface area contributed by atoms with Gasteiger partial charge in [0, 0.05) is 57.7 Å². The molecule has 0 fully saturated rings. The number of para-hydroxylation sites is 2. The smallest absolute Gasteiger partial charge is 0.0495 e. The Bertz CT molecular complexity index is 1530. The molecule has 2 heteroatoms. The molecule has 0 saturated heterocycles. The highest BCUT2D eigenvalue weighted by molar-refractivity contribution is 6.16. The minimum absolute atomic E-state index is 1.27. The van der Waals surface area contributed by atoms with Crippen LogP contribution in [0.5, 0.6) is 0 Å². The minimum Gasteiger partial charge on any atom is -0.344 e. The largest absolute Gasteiger partial charge is 0.344 e. The lowest BCUT2D eigenvalue weighted by molar-refractivity contribution is 1.01. The lowest BCUT2D eigenvalue weighted by Gasteiger charge is -2.06. The number of fused-ring (bicyclic) bond motifs is 6. The van der Waals surface area contributed by atoms with E-state index in [0.29, 0.717) is 0 Å². The first kappa shape index (κ1) is 15.5. The Morgan fingerprint density at radius 2 is 1.11 bits per heavy atom. The third-order valence-corrected chi connectivity index (χ3v) is 6.16. The maximum absolute atomic E-state index is 2.36. The van der Waals surface area contributed by atoms with Crippen molar-refractivity contribution in [1.82, 2.24) is 9.13 Å². The van der Waals surface area contributed by atoms with Crippen LogP contribution in [0.3, 0.4) is 0 Å². The molecule has 2 nitrogen and oxygen atoms in total. The van der Waals surface area contributed by atoms with Crippen molar-refractivity contribution in [3.8, 4) is 11.1 Å². The summed E-state index contributed by atoms with van der Waals surface area (Å²) in [6.45, 7) is 0. The predicted octanol–water partition coefficient (Wildman–Crippen LogP) is 6.64. The topological polar surface area (TPSA) is 9.86 Å². The van der Waals surface area contributed by atoms with E-state index in [9.17, 15) is 0 Å². The van der Waals surface area contributed by atoms with Crippen molar-refractivity contribution in [2.24, 2.45) is 14.1 Å². The van der Waals surface area contributed by atoms with Gasteiger partial charge in [-0.2, -0.15) is 0 Å². The molecule has 28 heavy (non-hydrogen) atoms. The van der Waals surface area contributed by atoms with Crippen molar-refractivity contribution < 1.29 is 0 Å². The van der Waals surface area contributed by atoms with Gasteiger partial charge in [0.05, 0.1) is 0 Å². The molecule has 0 bridgehead atoms. The summed E-state index contributed by atoms with van der Waals surface area (Å²) in [5, 5.41) is 5.27. The average molecular weight is 360 g/mol. The Balaban J connectivity index is 1.73. The minimum atomic E-state index is 1.27. The van der Waals surface area contributed by atoms with Crippen LogP contribution in [0.2, 0.25) is 0 Å². The van der Waals surface area contributed by atoms with E-state index >= 15 is 0 Å². The highest BCUT2D eigenvalue weighted by atomic mass is 14.9. The van der Waals surface area contributed by atoms with Crippen LogP contribution in [0.1, 0.15) is 0 Å². The molecule has 6 rings (SSSR count). The third-order valence-electron chi connectivity index (χ3n) is 6.16. The third kappa shape index (κ3) is 1.92. The fraction of sp³-hybridized carbons (Fsp3) is 0.0769. The number of hydrogen-bond donors (Lipinski definition) is 0. The van der Waals surface area contributed by atoms with E-state index in [-0.39, 0.29) is 0 Å². The highest BCUT2D eigenvalue weighted by Crippen LogP contribution is 2.38. The van der Waals surface area contributed by atoms with Gasteiger partial charge in [-0.25, -0.2) is 0 Å². The molecule has 0 saturated carbocycles. The molecule has 0 atom stereocenters. The fourth-order valence-corrected chi connectivity index (χ4v) is 4.79. The monoisotopic (exact) mass is 360 g/mol. The van der Waals surface area contributed by atoms with Gasteiger partial charge in [0.1, 0.15) is 0 Å². The van der Waals surface area contributed by atoms with Crippen LogP contribution in [0, 0.1) is 0 Å². The van der Waals surface area contributed by atoms with Gasteiger partial charge in [-0.1, -0.05) is 54.6 Å². The van der Waals surface area contributed by atoms with Gasteiger partial charge in [0.15, 0.2) is 0 Å². The number of hydrogen-bond acceptors (Lipinski definition) is 0. The molecule has 6 aromatic rings. The average Bonchev–Trinajstić information content (AvgIpc) is 3.21. The number of nitrogens with zero attached hydrogens (tertiary/aromatic N) is 2. The molecule has 0 aliphatic carbocycles. The van der Waals surface area contributed by atoms with Crippen molar-refractivity contribution in [3.05, 3.63) is 84.9 Å². The first-order valence-corrected chi connectivity index (χ1v) is 9.68. The number of rotatable bonds is 1. The summed E-state index contributed by atoms with van der Waals surface area (Å²) >= 11 is 0. The van der Waals surface area contributed by atoms with E-state index in [1.165, 1.54) is 54.7 Å². The zero-order valence-electron chi connectivity index (χ0n) is 16.0. The maximum atomic E-state index is 2.36. The van der Waals surface area contributed by atoms with Crippen molar-refractivity contribution in [2.75, 3.05) is 0 Å². The molecular weight excluding hydrogens is 340 g/mol. The number of aryl methyl sites for hydroxylation is 2. The Morgan fingerprint density at radius 1 is 0.500 bits per heavy atom. The van der Waals surface area contributed by atoms with Gasteiger partial charge in [0.25, 0.3) is 0 Å². The quantitative estimate of drug-likeness (QED) is 0.311. The highest BCUT2D eigenvalue weighted by Gasteiger charge is 2.14. The lowest BCUT2D eigenvalue weighted by atomic mass is 9.98. The van der Waals surface area contributed by atoms with E-state index in [1.54, 1.807) is 0 Å². The van der Waals surface area contributed by atoms with E-state index in [4.69, 9.17) is 0 Å². The summed E-state index contributed by atoms with van der Waals surface area (Å²) in [4.78, 5) is 0. The summed E-state index contributed by atoms with van der Waals surface area (Å²) in [5.74, 6) is 0. The summed E-state index contributed by atoms with van der Waals surface area (Å²) in [5.41, 5.74) is 7.66. The molecule has 0 unspecified atom stereocenters. The van der Waals surface area contributed by atoms with Crippen LogP contribution < -0.4 is 0 Å². The Kier molecular flexibility index (Phi) is 3.05. The van der Waals surface area contributed by atoms with E-state index in [1.807, 2.05) is 0 Å².